The van der Waals surface area contributed by atoms with Crippen LogP contribution in [0, 0.1) is 20.8 Å². The summed E-state index contributed by atoms with van der Waals surface area (Å²) in [5, 5.41) is 88.8. The molecule has 0 bridgehead atoms. The molecule has 1 aliphatic heterocycles. The van der Waals surface area contributed by atoms with Gasteiger partial charge < -0.3 is 20.8 Å². The molecule has 24 heteroatoms. The van der Waals surface area contributed by atoms with E-state index in [1.54, 1.807) is 0 Å². The van der Waals surface area contributed by atoms with Crippen LogP contribution in [0.1, 0.15) is 0 Å². The Hall–Kier alpha value is -5.84. The SMILES string of the molecule is [O-][N+]1=Nc2nonc2[N+]([O-])=Nc2nonc2[N+]([O-])=Nc2nonc2[N+]([O-])=Nc2nonc21. The van der Waals surface area contributed by atoms with Crippen molar-refractivity contribution in [3.63, 3.8) is 0 Å². The average molecular weight is 448 g/mol. The molecule has 0 aromatic carbocycles. The second kappa shape index (κ2) is 6.89. The predicted molar refractivity (Wildman–Crippen MR) is 78.7 cm³/mol. The summed E-state index contributed by atoms with van der Waals surface area (Å²) in [6.45, 7) is 0. The van der Waals surface area contributed by atoms with Crippen molar-refractivity contribution in [2.45, 2.75) is 0 Å². The smallest absolute Gasteiger partial charge is 0.449 e. The molecule has 160 valence electrons. The highest BCUT2D eigenvalue weighted by atomic mass is 16.6. The van der Waals surface area contributed by atoms with E-state index in [-0.39, 0.29) is 19.4 Å². The summed E-state index contributed by atoms with van der Waals surface area (Å²) >= 11 is 0. The highest BCUT2D eigenvalue weighted by molar-refractivity contribution is 5.46. The summed E-state index contributed by atoms with van der Waals surface area (Å²) in [4.78, 5) is -1.05. The molecule has 0 saturated heterocycles. The topological polar surface area (TPSA) is 309 Å². The quantitative estimate of drug-likeness (QED) is 0.269. The van der Waals surface area contributed by atoms with E-state index >= 15 is 0 Å². The lowest BCUT2D eigenvalue weighted by Crippen LogP contribution is -1.98. The fourth-order valence-corrected chi connectivity index (χ4v) is 1.98. The third-order valence-corrected chi connectivity index (χ3v) is 3.29. The first-order chi connectivity index (χ1) is 15.5. The third-order valence-electron chi connectivity index (χ3n) is 3.29. The highest BCUT2D eigenvalue weighted by Gasteiger charge is 2.32. The number of rotatable bonds is 0. The Labute approximate surface area is 168 Å². The summed E-state index contributed by atoms with van der Waals surface area (Å²) in [7, 11) is 0. The Kier molecular flexibility index (Phi) is 3.92. The minimum absolute atomic E-state index is 0.263. The van der Waals surface area contributed by atoms with Crippen molar-refractivity contribution >= 4 is 46.5 Å². The fourth-order valence-electron chi connectivity index (χ4n) is 1.98. The van der Waals surface area contributed by atoms with E-state index in [1.807, 2.05) is 0 Å². The van der Waals surface area contributed by atoms with E-state index in [0.717, 1.165) is 0 Å². The molecular weight excluding hydrogens is 448 g/mol. The summed E-state index contributed by atoms with van der Waals surface area (Å²) < 4.78 is 17.4. The van der Waals surface area contributed by atoms with Gasteiger partial charge in [0.15, 0.2) is 20.6 Å². The Morgan fingerprint density at radius 2 is 0.594 bits per heavy atom. The Balaban J connectivity index is 1.76. The number of fused-ring (bicyclic) bond motifs is 4. The molecular formula is C8N16O8. The van der Waals surface area contributed by atoms with Gasteiger partial charge in [-0.15, -0.1) is 38.0 Å². The summed E-state index contributed by atoms with van der Waals surface area (Å²) in [6.07, 6.45) is 0. The van der Waals surface area contributed by atoms with Gasteiger partial charge in [0.1, 0.15) is 0 Å². The molecule has 4 aromatic heterocycles. The van der Waals surface area contributed by atoms with E-state index in [0.29, 0.717) is 0 Å². The van der Waals surface area contributed by atoms with E-state index in [9.17, 15) is 20.8 Å². The van der Waals surface area contributed by atoms with Crippen LogP contribution in [-0.4, -0.2) is 60.7 Å². The Bertz CT molecular complexity index is 1220. The van der Waals surface area contributed by atoms with Gasteiger partial charge in [0.05, 0.1) is 0 Å². The van der Waals surface area contributed by atoms with Crippen LogP contribution in [0.2, 0.25) is 0 Å². The van der Waals surface area contributed by atoms with Crippen LogP contribution in [0.15, 0.2) is 39.0 Å². The lowest BCUT2D eigenvalue weighted by atomic mass is 10.6. The molecule has 0 saturated carbocycles. The van der Waals surface area contributed by atoms with Crippen molar-refractivity contribution in [2.24, 2.45) is 20.5 Å². The largest absolute Gasteiger partial charge is 0.690 e. The van der Waals surface area contributed by atoms with Crippen molar-refractivity contribution in [1.82, 2.24) is 41.3 Å². The van der Waals surface area contributed by atoms with E-state index in [2.05, 4.69) is 80.2 Å². The second-order valence-corrected chi connectivity index (χ2v) is 5.14. The van der Waals surface area contributed by atoms with E-state index in [1.165, 1.54) is 0 Å². The predicted octanol–water partition coefficient (Wildman–Crippen LogP) is 1.23. The van der Waals surface area contributed by atoms with Crippen molar-refractivity contribution in [3.8, 4) is 0 Å². The molecule has 24 nitrogen and oxygen atoms in total. The zero-order valence-corrected chi connectivity index (χ0v) is 14.4. The monoisotopic (exact) mass is 448 g/mol. The van der Waals surface area contributed by atoms with Crippen molar-refractivity contribution in [1.29, 1.82) is 0 Å². The lowest BCUT2D eigenvalue weighted by molar-refractivity contribution is -0.459. The third kappa shape index (κ3) is 2.96. The summed E-state index contributed by atoms with van der Waals surface area (Å²) in [6, 6.07) is 0. The van der Waals surface area contributed by atoms with Gasteiger partial charge in [0.2, 0.25) is 0 Å². The molecule has 0 amide bonds. The van der Waals surface area contributed by atoms with E-state index < -0.39 is 46.5 Å². The minimum Gasteiger partial charge on any atom is -0.690 e. The van der Waals surface area contributed by atoms with Gasteiger partial charge in [-0.1, -0.05) is 0 Å². The number of nitrogens with zero attached hydrogens (tertiary/aromatic N) is 16. The van der Waals surface area contributed by atoms with Gasteiger partial charge in [-0.3, -0.25) is 0 Å². The van der Waals surface area contributed by atoms with Crippen molar-refractivity contribution in [3.05, 3.63) is 20.8 Å². The number of hydrogen-bond donors (Lipinski definition) is 0. The number of hydrogen-bond acceptors (Lipinski definition) is 20. The van der Waals surface area contributed by atoms with Crippen LogP contribution >= 0.6 is 0 Å². The molecule has 5 rings (SSSR count). The van der Waals surface area contributed by atoms with E-state index in [4.69, 9.17) is 0 Å². The van der Waals surface area contributed by atoms with Crippen LogP contribution in [0.25, 0.3) is 0 Å². The minimum atomic E-state index is -0.760. The standard InChI is InChI=1S/C8N16O8/c25-21-5-1(13-29-17-5)9-22(26)6-2(14-30-18-6)11-24(28)8-4(16-32-20-8)12-23(27)7-3(10-21)15-31-19-7. The van der Waals surface area contributed by atoms with Crippen molar-refractivity contribution < 1.29 is 38.0 Å². The van der Waals surface area contributed by atoms with Crippen LogP contribution < -0.4 is 0 Å². The highest BCUT2D eigenvalue weighted by Crippen LogP contribution is 2.32. The van der Waals surface area contributed by atoms with Gasteiger partial charge in [-0.25, -0.2) is 0 Å². The van der Waals surface area contributed by atoms with Gasteiger partial charge in [-0.05, 0) is 20.5 Å². The summed E-state index contributed by atoms with van der Waals surface area (Å²) in [5.41, 5.74) is 0. The first kappa shape index (κ1) is 18.2. The number of aromatic nitrogens is 8. The number of azo groups is 4. The zero-order chi connectivity index (χ0) is 22.2. The lowest BCUT2D eigenvalue weighted by Gasteiger charge is -2.02. The van der Waals surface area contributed by atoms with Gasteiger partial charge in [0, 0.05) is 20.6 Å². The van der Waals surface area contributed by atoms with Gasteiger partial charge in [0.25, 0.3) is 0 Å². The average Bonchev–Trinajstić information content (AvgIpc) is 3.54. The van der Waals surface area contributed by atoms with Crippen molar-refractivity contribution in [2.75, 3.05) is 0 Å². The summed E-state index contributed by atoms with van der Waals surface area (Å²) in [5.74, 6) is -5.86. The molecule has 32 heavy (non-hydrogen) atoms. The molecule has 0 unspecified atom stereocenters. The Morgan fingerprint density at radius 1 is 0.375 bits per heavy atom. The Morgan fingerprint density at radius 3 is 0.812 bits per heavy atom. The maximum absolute atomic E-state index is 12.3. The maximum Gasteiger partial charge on any atom is 0.449 e. The molecule has 0 N–H and O–H groups in total. The second-order valence-electron chi connectivity index (χ2n) is 5.14. The molecule has 0 radical (unpaired) electrons. The fraction of sp³-hybridized carbons (Fsp3) is 0. The first-order valence-electron chi connectivity index (χ1n) is 7.57. The first-order valence-corrected chi connectivity index (χ1v) is 7.57. The molecule has 0 aliphatic carbocycles. The zero-order valence-electron chi connectivity index (χ0n) is 14.4. The molecule has 0 atom stereocenters. The molecule has 1 aliphatic rings. The molecule has 5 heterocycles. The van der Waals surface area contributed by atoms with Crippen LogP contribution in [0.4, 0.5) is 46.5 Å². The maximum atomic E-state index is 12.3. The molecule has 0 spiro atoms. The molecule has 4 aromatic rings. The van der Waals surface area contributed by atoms with Crippen LogP contribution in [0.3, 0.4) is 0 Å². The van der Waals surface area contributed by atoms with Gasteiger partial charge >= 0.3 is 46.5 Å². The normalized spacial score (nSPS) is 14.2. The van der Waals surface area contributed by atoms with Crippen LogP contribution in [0.5, 0.6) is 0 Å². The van der Waals surface area contributed by atoms with Gasteiger partial charge in [-0.2, -0.15) is 0 Å². The van der Waals surface area contributed by atoms with Crippen LogP contribution in [-0.2, 0) is 0 Å². The molecule has 0 fully saturated rings.